The Balaban J connectivity index is 1.93. The van der Waals surface area contributed by atoms with Crippen molar-refractivity contribution >= 4 is 40.0 Å². The molecule has 0 saturated heterocycles. The van der Waals surface area contributed by atoms with E-state index in [2.05, 4.69) is 4.98 Å². The van der Waals surface area contributed by atoms with Crippen molar-refractivity contribution in [2.24, 2.45) is 0 Å². The average Bonchev–Trinajstić information content (AvgIpc) is 2.69. The van der Waals surface area contributed by atoms with Crippen LogP contribution in [0.2, 0.25) is 5.02 Å². The minimum Gasteiger partial charge on any atom is -0.385 e. The summed E-state index contributed by atoms with van der Waals surface area (Å²) in [6.07, 6.45) is 0.676. The normalized spacial score (nSPS) is 11.2. The van der Waals surface area contributed by atoms with Crippen molar-refractivity contribution in [3.63, 3.8) is 0 Å². The Kier molecular flexibility index (Phi) is 7.11. The van der Waals surface area contributed by atoms with Gasteiger partial charge in [-0.1, -0.05) is 41.1 Å². The summed E-state index contributed by atoms with van der Waals surface area (Å²) < 4.78 is 6.73. The highest BCUT2D eigenvalue weighted by molar-refractivity contribution is 7.99. The zero-order valence-corrected chi connectivity index (χ0v) is 18.3. The van der Waals surface area contributed by atoms with E-state index in [-0.39, 0.29) is 17.1 Å². The van der Waals surface area contributed by atoms with Crippen LogP contribution in [0.4, 0.5) is 0 Å². The lowest BCUT2D eigenvalue weighted by Gasteiger charge is -2.13. The second-order valence-electron chi connectivity index (χ2n) is 6.89. The van der Waals surface area contributed by atoms with Gasteiger partial charge in [0, 0.05) is 30.8 Å². The molecule has 5 nitrogen and oxygen atoms in total. The van der Waals surface area contributed by atoms with Gasteiger partial charge in [0.2, 0.25) is 0 Å². The fraction of sp³-hybridized carbons (Fsp3) is 0.318. The molecule has 0 unspecified atom stereocenters. The number of hydrogen-bond donors (Lipinski definition) is 0. The van der Waals surface area contributed by atoms with Gasteiger partial charge in [-0.3, -0.25) is 14.2 Å². The lowest BCUT2D eigenvalue weighted by molar-refractivity contribution is 0.102. The van der Waals surface area contributed by atoms with Crippen LogP contribution in [0.5, 0.6) is 0 Å². The van der Waals surface area contributed by atoms with Crippen LogP contribution in [0.1, 0.15) is 27.9 Å². The molecule has 3 rings (SSSR count). The first kappa shape index (κ1) is 21.6. The Morgan fingerprint density at radius 3 is 2.76 bits per heavy atom. The van der Waals surface area contributed by atoms with Crippen molar-refractivity contribution in [3.05, 3.63) is 68.5 Å². The van der Waals surface area contributed by atoms with Gasteiger partial charge < -0.3 is 4.74 Å². The van der Waals surface area contributed by atoms with Gasteiger partial charge in [0.1, 0.15) is 0 Å². The summed E-state index contributed by atoms with van der Waals surface area (Å²) in [6.45, 7) is 4.90. The number of halogens is 1. The first-order valence-electron chi connectivity index (χ1n) is 9.33. The van der Waals surface area contributed by atoms with Crippen LogP contribution in [-0.2, 0) is 11.3 Å². The molecule has 1 aromatic heterocycles. The second-order valence-corrected chi connectivity index (χ2v) is 8.27. The van der Waals surface area contributed by atoms with Crippen LogP contribution >= 0.6 is 23.4 Å². The number of carbonyl (C=O) groups excluding carboxylic acids is 1. The number of carbonyl (C=O) groups is 1. The average molecular weight is 431 g/mol. The lowest BCUT2D eigenvalue weighted by atomic mass is 10.0. The van der Waals surface area contributed by atoms with Crippen LogP contribution in [-0.4, -0.2) is 34.8 Å². The molecule has 0 radical (unpaired) electrons. The molecule has 0 aliphatic rings. The van der Waals surface area contributed by atoms with Crippen LogP contribution < -0.4 is 5.56 Å². The van der Waals surface area contributed by atoms with Crippen molar-refractivity contribution in [1.29, 1.82) is 0 Å². The largest absolute Gasteiger partial charge is 0.385 e. The maximum absolute atomic E-state index is 13.0. The molecule has 7 heteroatoms. The summed E-state index contributed by atoms with van der Waals surface area (Å²) in [4.78, 5) is 30.4. The summed E-state index contributed by atoms with van der Waals surface area (Å²) in [7, 11) is 1.63. The molecular formula is C22H23ClN2O3S. The van der Waals surface area contributed by atoms with Gasteiger partial charge in [-0.05, 0) is 50.1 Å². The maximum Gasteiger partial charge on any atom is 0.262 e. The van der Waals surface area contributed by atoms with Crippen molar-refractivity contribution < 1.29 is 9.53 Å². The van der Waals surface area contributed by atoms with Gasteiger partial charge in [-0.15, -0.1) is 0 Å². The third kappa shape index (κ3) is 5.07. The van der Waals surface area contributed by atoms with E-state index in [0.717, 1.165) is 11.1 Å². The fourth-order valence-corrected chi connectivity index (χ4v) is 4.17. The van der Waals surface area contributed by atoms with Crippen molar-refractivity contribution in [3.8, 4) is 0 Å². The zero-order chi connectivity index (χ0) is 21.0. The molecule has 3 aromatic rings. The van der Waals surface area contributed by atoms with Crippen molar-refractivity contribution in [2.75, 3.05) is 19.5 Å². The van der Waals surface area contributed by atoms with Gasteiger partial charge in [-0.25, -0.2) is 4.98 Å². The van der Waals surface area contributed by atoms with E-state index in [1.54, 1.807) is 29.9 Å². The number of methoxy groups -OCH3 is 1. The SMILES string of the molecule is COCCCn1c(SCC(=O)c2cc(C)ccc2C)nc2cc(Cl)ccc2c1=O. The molecule has 29 heavy (non-hydrogen) atoms. The third-order valence-electron chi connectivity index (χ3n) is 4.64. The number of ether oxygens (including phenoxy) is 1. The van der Waals surface area contributed by atoms with E-state index in [0.29, 0.717) is 46.2 Å². The summed E-state index contributed by atoms with van der Waals surface area (Å²) >= 11 is 7.35. The Hall–Kier alpha value is -2.15. The number of nitrogens with zero attached hydrogens (tertiary/aromatic N) is 2. The highest BCUT2D eigenvalue weighted by Gasteiger charge is 2.15. The van der Waals surface area contributed by atoms with Crippen molar-refractivity contribution in [2.45, 2.75) is 32.0 Å². The summed E-state index contributed by atoms with van der Waals surface area (Å²) in [6, 6.07) is 10.9. The number of rotatable bonds is 8. The molecule has 0 N–H and O–H groups in total. The molecule has 152 valence electrons. The minimum absolute atomic E-state index is 0.0140. The quantitative estimate of drug-likeness (QED) is 0.225. The van der Waals surface area contributed by atoms with Crippen LogP contribution in [0.3, 0.4) is 0 Å². The molecule has 2 aromatic carbocycles. The molecule has 0 saturated carbocycles. The lowest BCUT2D eigenvalue weighted by Crippen LogP contribution is -2.24. The van der Waals surface area contributed by atoms with E-state index < -0.39 is 0 Å². The number of Topliss-reactive ketones (excluding diaryl/α,β-unsaturated/α-hetero) is 1. The number of aromatic nitrogens is 2. The van der Waals surface area contributed by atoms with E-state index in [1.807, 2.05) is 32.0 Å². The van der Waals surface area contributed by atoms with E-state index in [9.17, 15) is 9.59 Å². The fourth-order valence-electron chi connectivity index (χ4n) is 3.09. The van der Waals surface area contributed by atoms with Gasteiger partial charge in [0.05, 0.1) is 16.7 Å². The highest BCUT2D eigenvalue weighted by atomic mass is 35.5. The Morgan fingerprint density at radius 1 is 1.21 bits per heavy atom. The molecule has 0 fully saturated rings. The standard InChI is InChI=1S/C22H23ClN2O3S/c1-14-5-6-15(2)18(11-14)20(26)13-29-22-24-19-12-16(23)7-8-17(19)21(27)25(22)9-4-10-28-3/h5-8,11-12H,4,9-10,13H2,1-3H3. The topological polar surface area (TPSA) is 61.2 Å². The van der Waals surface area contributed by atoms with Crippen LogP contribution in [0.25, 0.3) is 10.9 Å². The van der Waals surface area contributed by atoms with E-state index >= 15 is 0 Å². The molecular weight excluding hydrogens is 408 g/mol. The highest BCUT2D eigenvalue weighted by Crippen LogP contribution is 2.22. The van der Waals surface area contributed by atoms with Gasteiger partial charge in [0.25, 0.3) is 5.56 Å². The third-order valence-corrected chi connectivity index (χ3v) is 5.85. The summed E-state index contributed by atoms with van der Waals surface area (Å²) in [5.74, 6) is 0.215. The van der Waals surface area contributed by atoms with E-state index in [1.165, 1.54) is 11.8 Å². The zero-order valence-electron chi connectivity index (χ0n) is 16.7. The number of benzene rings is 2. The molecule has 0 aliphatic carbocycles. The number of hydrogen-bond acceptors (Lipinski definition) is 5. The Bertz CT molecular complexity index is 1110. The van der Waals surface area contributed by atoms with Gasteiger partial charge in [-0.2, -0.15) is 0 Å². The number of thioether (sulfide) groups is 1. The first-order valence-corrected chi connectivity index (χ1v) is 10.7. The molecule has 0 amide bonds. The number of aryl methyl sites for hydroxylation is 2. The molecule has 0 bridgehead atoms. The minimum atomic E-state index is -0.135. The Morgan fingerprint density at radius 2 is 2.00 bits per heavy atom. The summed E-state index contributed by atoms with van der Waals surface area (Å²) in [5, 5.41) is 1.54. The maximum atomic E-state index is 13.0. The molecule has 0 aliphatic heterocycles. The van der Waals surface area contributed by atoms with Crippen LogP contribution in [0.15, 0.2) is 46.3 Å². The molecule has 0 spiro atoms. The first-order chi connectivity index (χ1) is 13.9. The van der Waals surface area contributed by atoms with Gasteiger partial charge >= 0.3 is 0 Å². The number of fused-ring (bicyclic) bond motifs is 1. The van der Waals surface area contributed by atoms with Crippen molar-refractivity contribution in [1.82, 2.24) is 9.55 Å². The number of ketones is 1. The molecule has 0 atom stereocenters. The Labute approximate surface area is 179 Å². The summed E-state index contributed by atoms with van der Waals surface area (Å²) in [5.41, 5.74) is 3.09. The monoisotopic (exact) mass is 430 g/mol. The molecule has 1 heterocycles. The van der Waals surface area contributed by atoms with E-state index in [4.69, 9.17) is 16.3 Å². The predicted octanol–water partition coefficient (Wildman–Crippen LogP) is 4.68. The van der Waals surface area contributed by atoms with Crippen LogP contribution in [0, 0.1) is 13.8 Å². The smallest absolute Gasteiger partial charge is 0.262 e. The predicted molar refractivity (Wildman–Crippen MR) is 118 cm³/mol. The second kappa shape index (κ2) is 9.57. The van der Waals surface area contributed by atoms with Gasteiger partial charge in [0.15, 0.2) is 10.9 Å².